The number of hydrogen-bond donors (Lipinski definition) is 0. The number of carbonyl (C=O) groups excluding carboxylic acids is 1. The minimum atomic E-state index is 0.0355. The van der Waals surface area contributed by atoms with Crippen LogP contribution in [0.1, 0.15) is 17.5 Å². The van der Waals surface area contributed by atoms with Gasteiger partial charge in [0, 0.05) is 25.4 Å². The van der Waals surface area contributed by atoms with Crippen molar-refractivity contribution in [1.29, 1.82) is 0 Å². The number of methoxy groups -OCH3 is 1. The van der Waals surface area contributed by atoms with Crippen molar-refractivity contribution in [2.75, 3.05) is 27.4 Å². The van der Waals surface area contributed by atoms with Crippen LogP contribution in [0.5, 0.6) is 5.75 Å². The molecule has 0 N–H and O–H groups in total. The second kappa shape index (κ2) is 7.26. The fraction of sp³-hybridized carbons (Fsp3) is 0.438. The summed E-state index contributed by atoms with van der Waals surface area (Å²) >= 11 is 2.19. The molecule has 0 bridgehead atoms. The van der Waals surface area contributed by atoms with E-state index in [2.05, 4.69) is 28.7 Å². The molecule has 0 aromatic heterocycles. The molecule has 1 aromatic carbocycles. The van der Waals surface area contributed by atoms with Gasteiger partial charge in [0.15, 0.2) is 0 Å². The number of amides is 1. The van der Waals surface area contributed by atoms with Crippen molar-refractivity contribution in [2.45, 2.75) is 17.3 Å². The standard InChI is InChI=1S/C16H20INO3/c1-11-10-12(21-9-8-20-3)4-5-13(11)15-7-6-14(17)16(19)18(15)2/h4-5,7,10,14H,6,8-9H2,1-3H3. The predicted molar refractivity (Wildman–Crippen MR) is 91.7 cm³/mol. The van der Waals surface area contributed by atoms with Gasteiger partial charge in [-0.15, -0.1) is 0 Å². The molecule has 0 saturated heterocycles. The van der Waals surface area contributed by atoms with Gasteiger partial charge in [0.1, 0.15) is 12.4 Å². The van der Waals surface area contributed by atoms with Crippen LogP contribution in [-0.4, -0.2) is 42.1 Å². The third-order valence-electron chi connectivity index (χ3n) is 3.51. The van der Waals surface area contributed by atoms with E-state index in [1.807, 2.05) is 32.2 Å². The van der Waals surface area contributed by atoms with Gasteiger partial charge in [0.05, 0.1) is 10.5 Å². The molecule has 1 aliphatic heterocycles. The number of rotatable bonds is 5. The van der Waals surface area contributed by atoms with E-state index in [1.165, 1.54) is 0 Å². The zero-order chi connectivity index (χ0) is 15.4. The van der Waals surface area contributed by atoms with Crippen molar-refractivity contribution >= 4 is 34.2 Å². The molecule has 0 aliphatic carbocycles. The first-order chi connectivity index (χ1) is 10.0. The number of alkyl halides is 1. The third kappa shape index (κ3) is 3.77. The molecule has 1 aliphatic rings. The Labute approximate surface area is 139 Å². The van der Waals surface area contributed by atoms with E-state index >= 15 is 0 Å². The molecule has 1 atom stereocenters. The van der Waals surface area contributed by atoms with Crippen molar-refractivity contribution in [3.63, 3.8) is 0 Å². The molecular weight excluding hydrogens is 381 g/mol. The average molecular weight is 401 g/mol. The second-order valence-corrected chi connectivity index (χ2v) is 6.51. The first-order valence-corrected chi connectivity index (χ1v) is 8.13. The lowest BCUT2D eigenvalue weighted by molar-refractivity contribution is -0.126. The van der Waals surface area contributed by atoms with Gasteiger partial charge in [-0.05, 0) is 37.1 Å². The summed E-state index contributed by atoms with van der Waals surface area (Å²) in [4.78, 5) is 13.8. The average Bonchev–Trinajstić information content (AvgIpc) is 2.46. The van der Waals surface area contributed by atoms with Crippen molar-refractivity contribution in [3.8, 4) is 5.75 Å². The van der Waals surface area contributed by atoms with E-state index in [1.54, 1.807) is 12.0 Å². The van der Waals surface area contributed by atoms with E-state index in [0.29, 0.717) is 13.2 Å². The first-order valence-electron chi connectivity index (χ1n) is 6.89. The molecule has 114 valence electrons. The van der Waals surface area contributed by atoms with Crippen LogP contribution >= 0.6 is 22.6 Å². The summed E-state index contributed by atoms with van der Waals surface area (Å²) < 4.78 is 10.6. The molecule has 1 unspecified atom stereocenters. The molecule has 0 radical (unpaired) electrons. The molecule has 1 aromatic rings. The molecule has 4 nitrogen and oxygen atoms in total. The third-order valence-corrected chi connectivity index (χ3v) is 4.55. The summed E-state index contributed by atoms with van der Waals surface area (Å²) in [5, 5.41) is 0. The Hall–Kier alpha value is -1.08. The maximum absolute atomic E-state index is 12.1. The summed E-state index contributed by atoms with van der Waals surface area (Å²) in [7, 11) is 3.49. The van der Waals surface area contributed by atoms with Gasteiger partial charge in [0.25, 0.3) is 0 Å². The van der Waals surface area contributed by atoms with Crippen LogP contribution in [0, 0.1) is 6.92 Å². The summed E-state index contributed by atoms with van der Waals surface area (Å²) in [6.45, 7) is 3.14. The van der Waals surface area contributed by atoms with Crippen molar-refractivity contribution < 1.29 is 14.3 Å². The van der Waals surface area contributed by atoms with Gasteiger partial charge >= 0.3 is 0 Å². The topological polar surface area (TPSA) is 38.8 Å². The molecule has 2 rings (SSSR count). The fourth-order valence-corrected chi connectivity index (χ4v) is 3.00. The Balaban J connectivity index is 2.19. The minimum absolute atomic E-state index is 0.0355. The predicted octanol–water partition coefficient (Wildman–Crippen LogP) is 3.03. The maximum Gasteiger partial charge on any atom is 0.240 e. The quantitative estimate of drug-likeness (QED) is 0.433. The Kier molecular flexibility index (Phi) is 5.64. The van der Waals surface area contributed by atoms with Gasteiger partial charge in [-0.3, -0.25) is 4.79 Å². The van der Waals surface area contributed by atoms with E-state index < -0.39 is 0 Å². The summed E-state index contributed by atoms with van der Waals surface area (Å²) in [6.07, 6.45) is 2.91. The lowest BCUT2D eigenvalue weighted by Gasteiger charge is -2.28. The lowest BCUT2D eigenvalue weighted by Crippen LogP contribution is -2.35. The number of halogens is 1. The number of nitrogens with zero attached hydrogens (tertiary/aromatic N) is 1. The highest BCUT2D eigenvalue weighted by Crippen LogP contribution is 2.30. The molecule has 0 spiro atoms. The van der Waals surface area contributed by atoms with Crippen LogP contribution < -0.4 is 4.74 Å². The molecule has 21 heavy (non-hydrogen) atoms. The molecule has 1 heterocycles. The normalized spacial score (nSPS) is 18.7. The second-order valence-electron chi connectivity index (χ2n) is 5.01. The molecule has 0 saturated carbocycles. The zero-order valence-corrected chi connectivity index (χ0v) is 14.7. The highest BCUT2D eigenvalue weighted by atomic mass is 127. The molecule has 5 heteroatoms. The maximum atomic E-state index is 12.1. The van der Waals surface area contributed by atoms with E-state index in [9.17, 15) is 4.79 Å². The number of allylic oxidation sites excluding steroid dienone is 1. The highest BCUT2D eigenvalue weighted by molar-refractivity contribution is 14.1. The SMILES string of the molecule is COCCOc1ccc(C2=CCC(I)C(=O)N2C)c(C)c1. The summed E-state index contributed by atoms with van der Waals surface area (Å²) in [6, 6.07) is 5.95. The van der Waals surface area contributed by atoms with Gasteiger partial charge in [-0.2, -0.15) is 0 Å². The van der Waals surface area contributed by atoms with E-state index in [0.717, 1.165) is 29.0 Å². The van der Waals surface area contributed by atoms with E-state index in [-0.39, 0.29) is 9.83 Å². The monoisotopic (exact) mass is 401 g/mol. The van der Waals surface area contributed by atoms with E-state index in [4.69, 9.17) is 9.47 Å². The number of carbonyl (C=O) groups is 1. The van der Waals surface area contributed by atoms with Gasteiger partial charge < -0.3 is 14.4 Å². The zero-order valence-electron chi connectivity index (χ0n) is 12.6. The van der Waals surface area contributed by atoms with Crippen molar-refractivity contribution in [2.24, 2.45) is 0 Å². The van der Waals surface area contributed by atoms with Gasteiger partial charge in [-0.1, -0.05) is 28.7 Å². The van der Waals surface area contributed by atoms with Crippen LogP contribution in [0.25, 0.3) is 5.70 Å². The summed E-state index contributed by atoms with van der Waals surface area (Å²) in [5.41, 5.74) is 3.16. The largest absolute Gasteiger partial charge is 0.491 e. The Morgan fingerprint density at radius 3 is 2.81 bits per heavy atom. The Morgan fingerprint density at radius 1 is 1.38 bits per heavy atom. The van der Waals surface area contributed by atoms with Crippen molar-refractivity contribution in [3.05, 3.63) is 35.4 Å². The molecule has 1 amide bonds. The van der Waals surface area contributed by atoms with Crippen molar-refractivity contribution in [1.82, 2.24) is 4.90 Å². The lowest BCUT2D eigenvalue weighted by atomic mass is 10.0. The Morgan fingerprint density at radius 2 is 2.14 bits per heavy atom. The highest BCUT2D eigenvalue weighted by Gasteiger charge is 2.26. The fourth-order valence-electron chi connectivity index (χ4n) is 2.33. The van der Waals surface area contributed by atoms with Gasteiger partial charge in [0.2, 0.25) is 5.91 Å². The first kappa shape index (κ1) is 16.3. The van der Waals surface area contributed by atoms with Crippen LogP contribution in [0.4, 0.5) is 0 Å². The Bertz CT molecular complexity index is 556. The number of aryl methyl sites for hydroxylation is 1. The minimum Gasteiger partial charge on any atom is -0.491 e. The molecule has 0 fully saturated rings. The molecular formula is C16H20INO3. The van der Waals surface area contributed by atoms with Gasteiger partial charge in [-0.25, -0.2) is 0 Å². The smallest absolute Gasteiger partial charge is 0.240 e. The number of ether oxygens (including phenoxy) is 2. The summed E-state index contributed by atoms with van der Waals surface area (Å²) in [5.74, 6) is 0.985. The van der Waals surface area contributed by atoms with Crippen LogP contribution in [-0.2, 0) is 9.53 Å². The van der Waals surface area contributed by atoms with Crippen LogP contribution in [0.2, 0.25) is 0 Å². The van der Waals surface area contributed by atoms with Crippen LogP contribution in [0.3, 0.4) is 0 Å². The van der Waals surface area contributed by atoms with Crippen LogP contribution in [0.15, 0.2) is 24.3 Å². The number of benzene rings is 1. The number of hydrogen-bond acceptors (Lipinski definition) is 3.